The Kier molecular flexibility index (Phi) is 6.01. The van der Waals surface area contributed by atoms with Gasteiger partial charge in [0.15, 0.2) is 0 Å². The van der Waals surface area contributed by atoms with Gasteiger partial charge in [-0.3, -0.25) is 4.90 Å². The molecule has 0 aliphatic carbocycles. The Labute approximate surface area is 160 Å². The Morgan fingerprint density at radius 3 is 2.70 bits per heavy atom. The maximum absolute atomic E-state index is 12.8. The molecule has 27 heavy (non-hydrogen) atoms. The SMILES string of the molecule is COc1ccc(NC(=O)N2CCCn3cnc(CN(C)C(C)C)c3C2)cc1. The highest BCUT2D eigenvalue weighted by Gasteiger charge is 2.23. The number of amides is 2. The first kappa shape index (κ1) is 19.2. The first-order chi connectivity index (χ1) is 13.0. The van der Waals surface area contributed by atoms with E-state index >= 15 is 0 Å². The lowest BCUT2D eigenvalue weighted by molar-refractivity contribution is 0.209. The van der Waals surface area contributed by atoms with Crippen molar-refractivity contribution < 1.29 is 9.53 Å². The molecule has 1 aliphatic heterocycles. The molecule has 0 radical (unpaired) electrons. The van der Waals surface area contributed by atoms with E-state index in [-0.39, 0.29) is 6.03 Å². The van der Waals surface area contributed by atoms with Crippen LogP contribution in [0.5, 0.6) is 5.75 Å². The van der Waals surface area contributed by atoms with Crippen LogP contribution in [0.15, 0.2) is 30.6 Å². The maximum atomic E-state index is 12.8. The number of urea groups is 1. The van der Waals surface area contributed by atoms with Crippen LogP contribution in [-0.2, 0) is 19.6 Å². The zero-order valence-corrected chi connectivity index (χ0v) is 16.6. The summed E-state index contributed by atoms with van der Waals surface area (Å²) in [6, 6.07) is 7.74. The van der Waals surface area contributed by atoms with Crippen molar-refractivity contribution in [1.82, 2.24) is 19.4 Å². The normalized spacial score (nSPS) is 14.2. The summed E-state index contributed by atoms with van der Waals surface area (Å²) < 4.78 is 7.35. The number of fused-ring (bicyclic) bond motifs is 1. The standard InChI is InChI=1S/C20H29N5O2/c1-15(2)23(3)12-18-19-13-24(10-5-11-25(19)14-21-18)20(26)22-16-6-8-17(27-4)9-7-16/h6-9,14-15H,5,10-13H2,1-4H3,(H,22,26). The zero-order chi connectivity index (χ0) is 19.4. The van der Waals surface area contributed by atoms with Gasteiger partial charge in [0.2, 0.25) is 0 Å². The number of rotatable bonds is 5. The molecule has 0 atom stereocenters. The van der Waals surface area contributed by atoms with E-state index in [0.29, 0.717) is 12.6 Å². The van der Waals surface area contributed by atoms with Gasteiger partial charge >= 0.3 is 6.03 Å². The van der Waals surface area contributed by atoms with Crippen LogP contribution in [0.2, 0.25) is 0 Å². The van der Waals surface area contributed by atoms with Gasteiger partial charge < -0.3 is 19.5 Å². The highest BCUT2D eigenvalue weighted by molar-refractivity contribution is 5.89. The number of hydrogen-bond acceptors (Lipinski definition) is 4. The van der Waals surface area contributed by atoms with Gasteiger partial charge in [-0.2, -0.15) is 0 Å². The molecule has 1 N–H and O–H groups in total. The average Bonchev–Trinajstić information content (AvgIpc) is 2.89. The first-order valence-corrected chi connectivity index (χ1v) is 9.41. The fourth-order valence-corrected chi connectivity index (χ4v) is 3.12. The number of methoxy groups -OCH3 is 1. The number of anilines is 1. The summed E-state index contributed by atoms with van der Waals surface area (Å²) >= 11 is 0. The fraction of sp³-hybridized carbons (Fsp3) is 0.500. The van der Waals surface area contributed by atoms with E-state index in [9.17, 15) is 4.79 Å². The second-order valence-corrected chi connectivity index (χ2v) is 7.27. The molecule has 0 spiro atoms. The predicted molar refractivity (Wildman–Crippen MR) is 106 cm³/mol. The second kappa shape index (κ2) is 8.43. The second-order valence-electron chi connectivity index (χ2n) is 7.27. The van der Waals surface area contributed by atoms with Crippen LogP contribution in [0.1, 0.15) is 31.7 Å². The van der Waals surface area contributed by atoms with Crippen LogP contribution in [0, 0.1) is 0 Å². The smallest absolute Gasteiger partial charge is 0.322 e. The van der Waals surface area contributed by atoms with Crippen molar-refractivity contribution in [2.75, 3.05) is 26.0 Å². The molecule has 1 aromatic carbocycles. The Hall–Kier alpha value is -2.54. The molecule has 1 aliphatic rings. The molecule has 2 amide bonds. The summed E-state index contributed by atoms with van der Waals surface area (Å²) in [7, 11) is 3.73. The van der Waals surface area contributed by atoms with Crippen molar-refractivity contribution in [1.29, 1.82) is 0 Å². The molecule has 0 unspecified atom stereocenters. The van der Waals surface area contributed by atoms with Crippen molar-refractivity contribution in [3.8, 4) is 5.75 Å². The number of aromatic nitrogens is 2. The van der Waals surface area contributed by atoms with Gasteiger partial charge in [0.1, 0.15) is 5.75 Å². The summed E-state index contributed by atoms with van der Waals surface area (Å²) in [6.07, 6.45) is 2.82. The van der Waals surface area contributed by atoms with E-state index in [0.717, 1.165) is 48.9 Å². The largest absolute Gasteiger partial charge is 0.497 e. The predicted octanol–water partition coefficient (Wildman–Crippen LogP) is 3.17. The van der Waals surface area contributed by atoms with Gasteiger partial charge in [0, 0.05) is 31.4 Å². The molecule has 1 aromatic heterocycles. The van der Waals surface area contributed by atoms with E-state index in [1.807, 2.05) is 35.5 Å². The van der Waals surface area contributed by atoms with Crippen molar-refractivity contribution >= 4 is 11.7 Å². The molecule has 0 saturated carbocycles. The van der Waals surface area contributed by atoms with Crippen LogP contribution in [-0.4, -0.2) is 52.1 Å². The highest BCUT2D eigenvalue weighted by Crippen LogP contribution is 2.20. The number of hydrogen-bond donors (Lipinski definition) is 1. The number of imidazole rings is 1. The van der Waals surface area contributed by atoms with Gasteiger partial charge in [-0.05, 0) is 51.6 Å². The summed E-state index contributed by atoms with van der Waals surface area (Å²) in [6.45, 7) is 7.31. The van der Waals surface area contributed by atoms with Crippen molar-refractivity contribution in [2.45, 2.75) is 45.9 Å². The third-order valence-corrected chi connectivity index (χ3v) is 5.11. The van der Waals surface area contributed by atoms with Gasteiger partial charge in [-0.1, -0.05) is 0 Å². The monoisotopic (exact) mass is 371 g/mol. The molecule has 2 heterocycles. The molecule has 3 rings (SSSR count). The summed E-state index contributed by atoms with van der Waals surface area (Å²) in [5.41, 5.74) is 2.94. The van der Waals surface area contributed by atoms with E-state index in [4.69, 9.17) is 4.74 Å². The third-order valence-electron chi connectivity index (χ3n) is 5.11. The Morgan fingerprint density at radius 1 is 1.30 bits per heavy atom. The van der Waals surface area contributed by atoms with E-state index in [2.05, 4.69) is 40.7 Å². The molecule has 0 bridgehead atoms. The lowest BCUT2D eigenvalue weighted by atomic mass is 10.2. The molecule has 7 nitrogen and oxygen atoms in total. The third kappa shape index (κ3) is 4.60. The number of carbonyl (C=O) groups is 1. The van der Waals surface area contributed by atoms with Crippen molar-refractivity contribution in [3.05, 3.63) is 42.0 Å². The minimum Gasteiger partial charge on any atom is -0.497 e. The molecule has 146 valence electrons. The topological polar surface area (TPSA) is 62.6 Å². The lowest BCUT2D eigenvalue weighted by Gasteiger charge is -2.23. The molecule has 7 heteroatoms. The van der Waals surface area contributed by atoms with Crippen LogP contribution >= 0.6 is 0 Å². The van der Waals surface area contributed by atoms with Crippen LogP contribution < -0.4 is 10.1 Å². The Bertz CT molecular complexity index is 769. The number of nitrogens with one attached hydrogen (secondary N) is 1. The number of ether oxygens (including phenoxy) is 1. The van der Waals surface area contributed by atoms with E-state index < -0.39 is 0 Å². The molecular weight excluding hydrogens is 342 g/mol. The van der Waals surface area contributed by atoms with Crippen LogP contribution in [0.25, 0.3) is 0 Å². The zero-order valence-electron chi connectivity index (χ0n) is 16.6. The maximum Gasteiger partial charge on any atom is 0.322 e. The molecular formula is C20H29N5O2. The number of carbonyl (C=O) groups excluding carboxylic acids is 1. The highest BCUT2D eigenvalue weighted by atomic mass is 16.5. The van der Waals surface area contributed by atoms with Crippen molar-refractivity contribution in [3.63, 3.8) is 0 Å². The van der Waals surface area contributed by atoms with Crippen LogP contribution in [0.3, 0.4) is 0 Å². The van der Waals surface area contributed by atoms with Crippen LogP contribution in [0.4, 0.5) is 10.5 Å². The average molecular weight is 371 g/mol. The molecule has 0 saturated heterocycles. The summed E-state index contributed by atoms with van der Waals surface area (Å²) in [5, 5.41) is 2.98. The quantitative estimate of drug-likeness (QED) is 0.877. The number of benzene rings is 1. The summed E-state index contributed by atoms with van der Waals surface area (Å²) in [4.78, 5) is 21.5. The van der Waals surface area contributed by atoms with Gasteiger partial charge in [0.25, 0.3) is 0 Å². The first-order valence-electron chi connectivity index (χ1n) is 9.41. The molecule has 0 fully saturated rings. The number of nitrogens with zero attached hydrogens (tertiary/aromatic N) is 4. The molecule has 2 aromatic rings. The number of aryl methyl sites for hydroxylation is 1. The lowest BCUT2D eigenvalue weighted by Crippen LogP contribution is -2.35. The van der Waals surface area contributed by atoms with Crippen molar-refractivity contribution in [2.24, 2.45) is 0 Å². The Balaban J connectivity index is 1.71. The van der Waals surface area contributed by atoms with Gasteiger partial charge in [-0.25, -0.2) is 9.78 Å². The minimum absolute atomic E-state index is 0.0852. The summed E-state index contributed by atoms with van der Waals surface area (Å²) in [5.74, 6) is 0.769. The Morgan fingerprint density at radius 2 is 2.04 bits per heavy atom. The minimum atomic E-state index is -0.0852. The van der Waals surface area contributed by atoms with Gasteiger partial charge in [0.05, 0.1) is 31.4 Å². The van der Waals surface area contributed by atoms with E-state index in [1.54, 1.807) is 7.11 Å². The van der Waals surface area contributed by atoms with E-state index in [1.165, 1.54) is 0 Å². The fourth-order valence-electron chi connectivity index (χ4n) is 3.12. The van der Waals surface area contributed by atoms with Gasteiger partial charge in [-0.15, -0.1) is 0 Å².